The molecule has 8 heteroatoms. The van der Waals surface area contributed by atoms with Crippen molar-refractivity contribution in [2.45, 2.75) is 6.92 Å². The van der Waals surface area contributed by atoms with Gasteiger partial charge in [-0.3, -0.25) is 4.79 Å². The number of hydrogen-bond acceptors (Lipinski definition) is 7. The number of allylic oxidation sites excluding steroid dienone is 1. The molecule has 0 spiro atoms. The third-order valence-electron chi connectivity index (χ3n) is 2.53. The fraction of sp³-hybridized carbons (Fsp3) is 0.100. The molecule has 1 aromatic rings. The SMILES string of the molecule is CC(=O)/C(N)=C(\N)c1c(N)c(N)c(N)c(N)c1I. The number of ketones is 1. The number of halogens is 1. The first kappa shape index (κ1) is 14.2. The molecule has 0 bridgehead atoms. The van der Waals surface area contributed by atoms with Gasteiger partial charge < -0.3 is 34.4 Å². The molecular formula is C10H15IN6O. The highest BCUT2D eigenvalue weighted by Crippen LogP contribution is 2.39. The van der Waals surface area contributed by atoms with Crippen molar-refractivity contribution in [3.63, 3.8) is 0 Å². The van der Waals surface area contributed by atoms with Crippen LogP contribution in [0.5, 0.6) is 0 Å². The molecule has 0 aliphatic rings. The number of Topliss-reactive ketones (excluding diaryl/α,β-unsaturated/α-hetero) is 1. The Labute approximate surface area is 118 Å². The highest BCUT2D eigenvalue weighted by molar-refractivity contribution is 14.1. The summed E-state index contributed by atoms with van der Waals surface area (Å²) in [6.45, 7) is 1.30. The second-order valence-electron chi connectivity index (χ2n) is 3.73. The molecular weight excluding hydrogens is 347 g/mol. The quantitative estimate of drug-likeness (QED) is 0.240. The van der Waals surface area contributed by atoms with Gasteiger partial charge in [-0.25, -0.2) is 0 Å². The van der Waals surface area contributed by atoms with Crippen LogP contribution in [0.15, 0.2) is 5.70 Å². The lowest BCUT2D eigenvalue weighted by atomic mass is 10.0. The lowest BCUT2D eigenvalue weighted by Crippen LogP contribution is -2.18. The van der Waals surface area contributed by atoms with E-state index in [4.69, 9.17) is 34.4 Å². The van der Waals surface area contributed by atoms with Gasteiger partial charge in [0, 0.05) is 16.1 Å². The number of carbonyl (C=O) groups excluding carboxylic acids is 1. The Morgan fingerprint density at radius 3 is 1.83 bits per heavy atom. The van der Waals surface area contributed by atoms with Crippen molar-refractivity contribution < 1.29 is 4.79 Å². The van der Waals surface area contributed by atoms with Gasteiger partial charge in [0.2, 0.25) is 0 Å². The Balaban J connectivity index is 3.73. The van der Waals surface area contributed by atoms with Crippen LogP contribution in [0.25, 0.3) is 5.70 Å². The van der Waals surface area contributed by atoms with Gasteiger partial charge in [-0.2, -0.15) is 0 Å². The number of nitrogens with two attached hydrogens (primary N) is 6. The molecule has 0 atom stereocenters. The second kappa shape index (κ2) is 4.80. The lowest BCUT2D eigenvalue weighted by molar-refractivity contribution is -0.113. The van der Waals surface area contributed by atoms with Crippen molar-refractivity contribution in [1.82, 2.24) is 0 Å². The standard InChI is InChI=1S/C10H15IN6O/c1-2(18)5(12)6(13)3-4(11)8(15)10(17)9(16)7(3)14/h12-17H2,1H3/b6-5+. The molecule has 18 heavy (non-hydrogen) atoms. The predicted molar refractivity (Wildman–Crippen MR) is 82.8 cm³/mol. The summed E-state index contributed by atoms with van der Waals surface area (Å²) in [4.78, 5) is 11.2. The zero-order valence-electron chi connectivity index (χ0n) is 9.75. The lowest BCUT2D eigenvalue weighted by Gasteiger charge is -2.17. The predicted octanol–water partition coefficient (Wildman–Crippen LogP) is -0.205. The van der Waals surface area contributed by atoms with Crippen LogP contribution >= 0.6 is 22.6 Å². The summed E-state index contributed by atoms with van der Waals surface area (Å²) < 4.78 is 0.513. The molecule has 0 aliphatic heterocycles. The molecule has 0 amide bonds. The summed E-state index contributed by atoms with van der Waals surface area (Å²) in [5, 5.41) is 0. The largest absolute Gasteiger partial charge is 0.396 e. The zero-order valence-corrected chi connectivity index (χ0v) is 11.9. The first-order valence-electron chi connectivity index (χ1n) is 4.88. The maximum absolute atomic E-state index is 11.2. The van der Waals surface area contributed by atoms with Crippen molar-refractivity contribution in [3.05, 3.63) is 14.8 Å². The molecule has 0 saturated heterocycles. The Bertz CT molecular complexity index is 537. The molecule has 1 aromatic carbocycles. The first-order valence-corrected chi connectivity index (χ1v) is 5.95. The minimum absolute atomic E-state index is 0.0443. The summed E-state index contributed by atoms with van der Waals surface area (Å²) in [5.74, 6) is -0.364. The van der Waals surface area contributed by atoms with Crippen LogP contribution in [0.2, 0.25) is 0 Å². The minimum atomic E-state index is -0.364. The van der Waals surface area contributed by atoms with Crippen molar-refractivity contribution in [1.29, 1.82) is 0 Å². The molecule has 0 radical (unpaired) electrons. The number of anilines is 4. The number of rotatable bonds is 2. The Kier molecular flexibility index (Phi) is 3.79. The van der Waals surface area contributed by atoms with Gasteiger partial charge >= 0.3 is 0 Å². The van der Waals surface area contributed by atoms with E-state index in [0.29, 0.717) is 9.13 Å². The Morgan fingerprint density at radius 1 is 0.944 bits per heavy atom. The summed E-state index contributed by atoms with van der Waals surface area (Å²) in [6, 6.07) is 0. The number of nitrogen functional groups attached to an aromatic ring is 4. The molecule has 12 N–H and O–H groups in total. The molecule has 0 heterocycles. The second-order valence-corrected chi connectivity index (χ2v) is 4.81. The van der Waals surface area contributed by atoms with E-state index in [-0.39, 0.29) is 39.9 Å². The minimum Gasteiger partial charge on any atom is -0.396 e. The molecule has 0 saturated carbocycles. The van der Waals surface area contributed by atoms with E-state index in [1.807, 2.05) is 22.6 Å². The number of benzene rings is 1. The third-order valence-corrected chi connectivity index (χ3v) is 3.66. The number of carbonyl (C=O) groups is 1. The maximum atomic E-state index is 11.2. The monoisotopic (exact) mass is 362 g/mol. The van der Waals surface area contributed by atoms with E-state index in [1.54, 1.807) is 0 Å². The van der Waals surface area contributed by atoms with Gasteiger partial charge in [-0.15, -0.1) is 0 Å². The van der Waals surface area contributed by atoms with Crippen LogP contribution in [0, 0.1) is 3.57 Å². The molecule has 0 fully saturated rings. The average Bonchev–Trinajstić information content (AvgIpc) is 2.32. The summed E-state index contributed by atoms with van der Waals surface area (Å²) in [7, 11) is 0. The van der Waals surface area contributed by atoms with Gasteiger partial charge in [-0.1, -0.05) is 0 Å². The van der Waals surface area contributed by atoms with Crippen molar-refractivity contribution in [3.8, 4) is 0 Å². The van der Waals surface area contributed by atoms with Crippen molar-refractivity contribution >= 4 is 56.8 Å². The van der Waals surface area contributed by atoms with Crippen LogP contribution in [0.1, 0.15) is 12.5 Å². The van der Waals surface area contributed by atoms with Crippen LogP contribution in [-0.2, 0) is 4.79 Å². The normalized spacial score (nSPS) is 12.1. The van der Waals surface area contributed by atoms with Crippen molar-refractivity contribution in [2.75, 3.05) is 22.9 Å². The van der Waals surface area contributed by atoms with E-state index in [1.165, 1.54) is 6.92 Å². The summed E-state index contributed by atoms with van der Waals surface area (Å²) in [6.07, 6.45) is 0. The van der Waals surface area contributed by atoms with Crippen LogP contribution in [0.4, 0.5) is 22.7 Å². The maximum Gasteiger partial charge on any atom is 0.177 e. The van der Waals surface area contributed by atoms with Crippen molar-refractivity contribution in [2.24, 2.45) is 11.5 Å². The fourth-order valence-corrected chi connectivity index (χ4v) is 2.26. The molecule has 0 aliphatic carbocycles. The zero-order chi connectivity index (χ0) is 14.2. The summed E-state index contributed by atoms with van der Waals surface area (Å²) in [5.41, 5.74) is 35.5. The highest BCUT2D eigenvalue weighted by atomic mass is 127. The number of hydrogen-bond donors (Lipinski definition) is 6. The smallest absolute Gasteiger partial charge is 0.177 e. The van der Waals surface area contributed by atoms with Crippen LogP contribution in [0.3, 0.4) is 0 Å². The molecule has 98 valence electrons. The van der Waals surface area contributed by atoms with E-state index in [9.17, 15) is 4.79 Å². The molecule has 0 unspecified atom stereocenters. The Morgan fingerprint density at radius 2 is 1.39 bits per heavy atom. The molecule has 1 rings (SSSR count). The van der Waals surface area contributed by atoms with Gasteiger partial charge in [0.05, 0.1) is 34.1 Å². The highest BCUT2D eigenvalue weighted by Gasteiger charge is 2.20. The van der Waals surface area contributed by atoms with Gasteiger partial charge in [0.1, 0.15) is 0 Å². The Hall–Kier alpha value is -1.84. The third kappa shape index (κ3) is 2.10. The van der Waals surface area contributed by atoms with E-state index >= 15 is 0 Å². The molecule has 0 aromatic heterocycles. The van der Waals surface area contributed by atoms with Gasteiger partial charge in [0.15, 0.2) is 5.78 Å². The summed E-state index contributed by atoms with van der Waals surface area (Å²) >= 11 is 1.92. The van der Waals surface area contributed by atoms with Crippen LogP contribution < -0.4 is 34.4 Å². The van der Waals surface area contributed by atoms with E-state index in [0.717, 1.165) is 0 Å². The first-order chi connectivity index (χ1) is 8.20. The van der Waals surface area contributed by atoms with Gasteiger partial charge in [-0.05, 0) is 22.6 Å². The molecule has 7 nitrogen and oxygen atoms in total. The topological polar surface area (TPSA) is 173 Å². The van der Waals surface area contributed by atoms with E-state index < -0.39 is 0 Å². The van der Waals surface area contributed by atoms with Gasteiger partial charge in [0.25, 0.3) is 0 Å². The van der Waals surface area contributed by atoms with E-state index in [2.05, 4.69) is 0 Å². The average molecular weight is 362 g/mol. The van der Waals surface area contributed by atoms with Crippen LogP contribution in [-0.4, -0.2) is 5.78 Å². The fourth-order valence-electron chi connectivity index (χ4n) is 1.38.